The van der Waals surface area contributed by atoms with Gasteiger partial charge in [0.25, 0.3) is 0 Å². The molecule has 1 fully saturated rings. The first-order valence-corrected chi connectivity index (χ1v) is 8.87. The van der Waals surface area contributed by atoms with Gasteiger partial charge in [-0.1, -0.05) is 27.4 Å². The molecule has 1 aromatic carbocycles. The van der Waals surface area contributed by atoms with Crippen molar-refractivity contribution in [3.05, 3.63) is 29.8 Å². The number of aliphatic imine (C=N–C) groups is 1. The second-order valence-corrected chi connectivity index (χ2v) is 7.57. The summed E-state index contributed by atoms with van der Waals surface area (Å²) in [5, 5.41) is 0. The third-order valence-corrected chi connectivity index (χ3v) is 5.18. The first-order valence-electron chi connectivity index (χ1n) is 8.87. The maximum atomic E-state index is 6.27. The van der Waals surface area contributed by atoms with E-state index in [-0.39, 0.29) is 5.41 Å². The molecule has 3 nitrogen and oxygen atoms in total. The van der Waals surface area contributed by atoms with E-state index in [0.717, 1.165) is 48.4 Å². The summed E-state index contributed by atoms with van der Waals surface area (Å²) < 4.78 is 0. The molecule has 0 saturated carbocycles. The van der Waals surface area contributed by atoms with Gasteiger partial charge in [-0.3, -0.25) is 0 Å². The van der Waals surface area contributed by atoms with Crippen molar-refractivity contribution >= 4 is 22.8 Å². The van der Waals surface area contributed by atoms with Crippen LogP contribution in [0.5, 0.6) is 0 Å². The molecular weight excluding hydrogens is 282 g/mol. The smallest absolute Gasteiger partial charge is 0.111 e. The number of piperidine rings is 1. The molecule has 0 radical (unpaired) electrons. The maximum absolute atomic E-state index is 6.27. The Labute approximate surface area is 140 Å². The van der Waals surface area contributed by atoms with Gasteiger partial charge in [0.1, 0.15) is 5.84 Å². The predicted octanol–water partition coefficient (Wildman–Crippen LogP) is 4.79. The summed E-state index contributed by atoms with van der Waals surface area (Å²) in [6.07, 6.45) is 5.82. The van der Waals surface area contributed by atoms with Crippen molar-refractivity contribution in [2.45, 2.75) is 52.9 Å². The molecule has 1 saturated heterocycles. The van der Waals surface area contributed by atoms with Gasteiger partial charge in [0.05, 0.1) is 5.69 Å². The van der Waals surface area contributed by atoms with Crippen molar-refractivity contribution in [2.75, 3.05) is 18.8 Å². The van der Waals surface area contributed by atoms with E-state index < -0.39 is 0 Å². The number of fused-ring (bicyclic) bond motifs is 1. The van der Waals surface area contributed by atoms with Gasteiger partial charge in [-0.15, -0.1) is 0 Å². The molecule has 3 heteroatoms. The zero-order valence-corrected chi connectivity index (χ0v) is 14.8. The Morgan fingerprint density at radius 2 is 1.96 bits per heavy atom. The molecule has 1 aromatic rings. The second kappa shape index (κ2) is 6.03. The lowest BCUT2D eigenvalue weighted by Crippen LogP contribution is -2.45. The van der Waals surface area contributed by atoms with E-state index in [1.54, 1.807) is 0 Å². The number of benzene rings is 1. The molecule has 0 bridgehead atoms. The number of nitrogens with two attached hydrogens (primary N) is 1. The van der Waals surface area contributed by atoms with E-state index in [4.69, 9.17) is 10.7 Å². The Morgan fingerprint density at radius 1 is 1.26 bits per heavy atom. The Morgan fingerprint density at radius 3 is 2.61 bits per heavy atom. The van der Waals surface area contributed by atoms with Crippen LogP contribution in [0.2, 0.25) is 0 Å². The number of anilines is 1. The Kier molecular flexibility index (Phi) is 4.22. The van der Waals surface area contributed by atoms with Gasteiger partial charge in [0.2, 0.25) is 0 Å². The molecule has 0 aromatic heterocycles. The number of nitrogens with zero attached hydrogens (tertiary/aromatic N) is 2. The van der Waals surface area contributed by atoms with Crippen molar-refractivity contribution < 1.29 is 0 Å². The highest BCUT2D eigenvalue weighted by Crippen LogP contribution is 2.40. The first-order chi connectivity index (χ1) is 10.9. The lowest BCUT2D eigenvalue weighted by molar-refractivity contribution is 0.303. The molecule has 2 aliphatic heterocycles. The molecule has 23 heavy (non-hydrogen) atoms. The van der Waals surface area contributed by atoms with E-state index in [9.17, 15) is 0 Å². The van der Waals surface area contributed by atoms with Gasteiger partial charge in [-0.05, 0) is 55.4 Å². The minimum absolute atomic E-state index is 0.0695. The topological polar surface area (TPSA) is 41.6 Å². The van der Waals surface area contributed by atoms with Crippen LogP contribution in [0.1, 0.15) is 57.6 Å². The largest absolute Gasteiger partial charge is 0.398 e. The minimum atomic E-state index is 0.0695. The van der Waals surface area contributed by atoms with Crippen LogP contribution in [0.3, 0.4) is 0 Å². The average Bonchev–Trinajstić information content (AvgIpc) is 2.53. The Balaban J connectivity index is 2.04. The molecule has 124 valence electrons. The molecule has 0 unspecified atom stereocenters. The van der Waals surface area contributed by atoms with E-state index >= 15 is 0 Å². The van der Waals surface area contributed by atoms with Crippen LogP contribution < -0.4 is 5.73 Å². The fourth-order valence-corrected chi connectivity index (χ4v) is 3.82. The van der Waals surface area contributed by atoms with Gasteiger partial charge < -0.3 is 10.6 Å². The van der Waals surface area contributed by atoms with Crippen LogP contribution in [-0.2, 0) is 6.42 Å². The summed E-state index contributed by atoms with van der Waals surface area (Å²) in [6, 6.07) is 4.26. The van der Waals surface area contributed by atoms with Crippen molar-refractivity contribution in [1.29, 1.82) is 0 Å². The minimum Gasteiger partial charge on any atom is -0.398 e. The number of rotatable bonds is 2. The molecule has 2 N–H and O–H groups in total. The zero-order valence-electron chi connectivity index (χ0n) is 14.8. The number of amidine groups is 1. The molecule has 0 atom stereocenters. The van der Waals surface area contributed by atoms with Gasteiger partial charge in [0.15, 0.2) is 0 Å². The lowest BCUT2D eigenvalue weighted by atomic mass is 9.80. The number of allylic oxidation sites excluding steroid dienone is 1. The zero-order chi connectivity index (χ0) is 16.6. The van der Waals surface area contributed by atoms with E-state index in [2.05, 4.69) is 44.4 Å². The molecular formula is C20H29N3. The summed E-state index contributed by atoms with van der Waals surface area (Å²) in [7, 11) is 0. The van der Waals surface area contributed by atoms with Gasteiger partial charge in [-0.25, -0.2) is 4.99 Å². The number of hydrogen-bond acceptors (Lipinski definition) is 3. The van der Waals surface area contributed by atoms with Crippen molar-refractivity contribution in [1.82, 2.24) is 4.90 Å². The number of nitrogen functional groups attached to an aromatic ring is 1. The van der Waals surface area contributed by atoms with E-state index in [0.29, 0.717) is 0 Å². The quantitative estimate of drug-likeness (QED) is 0.798. The van der Waals surface area contributed by atoms with Crippen molar-refractivity contribution in [3.8, 4) is 0 Å². The van der Waals surface area contributed by atoms with Gasteiger partial charge in [0, 0.05) is 29.8 Å². The fraction of sp³-hybridized carbons (Fsp3) is 0.550. The van der Waals surface area contributed by atoms with Crippen LogP contribution in [0.15, 0.2) is 23.7 Å². The molecule has 0 aliphatic carbocycles. The third kappa shape index (κ3) is 3.01. The van der Waals surface area contributed by atoms with Crippen LogP contribution in [0, 0.1) is 5.41 Å². The fourth-order valence-electron chi connectivity index (χ4n) is 3.82. The van der Waals surface area contributed by atoms with Crippen LogP contribution in [-0.4, -0.2) is 23.8 Å². The van der Waals surface area contributed by atoms with Crippen LogP contribution >= 0.6 is 0 Å². The Bertz CT molecular complexity index is 649. The maximum Gasteiger partial charge on any atom is 0.111 e. The van der Waals surface area contributed by atoms with E-state index in [1.165, 1.54) is 30.7 Å². The van der Waals surface area contributed by atoms with Crippen molar-refractivity contribution in [2.24, 2.45) is 10.4 Å². The second-order valence-electron chi connectivity index (χ2n) is 7.57. The molecule has 0 amide bonds. The Hall–Kier alpha value is -1.77. The highest BCUT2D eigenvalue weighted by molar-refractivity contribution is 5.93. The van der Waals surface area contributed by atoms with Gasteiger partial charge >= 0.3 is 0 Å². The highest BCUT2D eigenvalue weighted by Gasteiger charge is 2.34. The molecule has 2 aliphatic rings. The van der Waals surface area contributed by atoms with Gasteiger partial charge in [-0.2, -0.15) is 0 Å². The normalized spacial score (nSPS) is 20.0. The van der Waals surface area contributed by atoms with E-state index in [1.807, 2.05) is 0 Å². The highest BCUT2D eigenvalue weighted by atomic mass is 15.2. The summed E-state index contributed by atoms with van der Waals surface area (Å²) in [4.78, 5) is 7.58. The average molecular weight is 311 g/mol. The monoisotopic (exact) mass is 311 g/mol. The molecule has 0 spiro atoms. The number of likely N-dealkylation sites (tertiary alicyclic amines) is 1. The molecule has 2 heterocycles. The third-order valence-electron chi connectivity index (χ3n) is 5.18. The van der Waals surface area contributed by atoms with Crippen molar-refractivity contribution in [3.63, 3.8) is 0 Å². The predicted molar refractivity (Wildman–Crippen MR) is 100 cm³/mol. The SMILES string of the molecule is C=C(CC)c1cc2c(cc1N)CC(C)(C)C(N1CCCCC1)=N2. The summed E-state index contributed by atoms with van der Waals surface area (Å²) in [5.74, 6) is 1.25. The summed E-state index contributed by atoms with van der Waals surface area (Å²) in [5.41, 5.74) is 11.7. The lowest BCUT2D eigenvalue weighted by Gasteiger charge is -2.40. The van der Waals surface area contributed by atoms with Crippen LogP contribution in [0.25, 0.3) is 5.57 Å². The summed E-state index contributed by atoms with van der Waals surface area (Å²) in [6.45, 7) is 13.2. The molecule has 3 rings (SSSR count). The van der Waals surface area contributed by atoms with Crippen LogP contribution in [0.4, 0.5) is 11.4 Å². The summed E-state index contributed by atoms with van der Waals surface area (Å²) >= 11 is 0. The number of hydrogen-bond donors (Lipinski definition) is 1. The standard InChI is InChI=1S/C20H29N3/c1-5-14(2)16-12-18-15(11-17(16)21)13-20(3,4)19(22-18)23-9-7-6-8-10-23/h11-12H,2,5-10,13,21H2,1,3-4H3. The first kappa shape index (κ1) is 16.1.